The van der Waals surface area contributed by atoms with Crippen LogP contribution in [0.5, 0.6) is 0 Å². The molecule has 2 aromatic rings. The lowest BCUT2D eigenvalue weighted by Crippen LogP contribution is -2.63. The minimum atomic E-state index is -3.65. The number of sulfone groups is 1. The molecule has 12 heteroatoms. The van der Waals surface area contributed by atoms with Crippen molar-refractivity contribution in [2.24, 2.45) is 0 Å². The molecule has 0 radical (unpaired) electrons. The minimum absolute atomic E-state index is 0. The van der Waals surface area contributed by atoms with Crippen molar-refractivity contribution in [3.63, 3.8) is 0 Å². The van der Waals surface area contributed by atoms with Gasteiger partial charge in [-0.05, 0) is 30.3 Å². The van der Waals surface area contributed by atoms with Gasteiger partial charge in [0.15, 0.2) is 0 Å². The Kier molecular flexibility index (Phi) is 9.06. The molecular formula is C21H28Cl3N3O5S. The predicted molar refractivity (Wildman–Crippen MR) is 133 cm³/mol. The van der Waals surface area contributed by atoms with E-state index in [1.165, 1.54) is 6.07 Å². The lowest BCUT2D eigenvalue weighted by molar-refractivity contribution is -0.989. The number of anilines is 2. The van der Waals surface area contributed by atoms with Gasteiger partial charge in [-0.3, -0.25) is 0 Å². The van der Waals surface area contributed by atoms with Crippen LogP contribution < -0.4 is 4.90 Å². The maximum Gasteiger partial charge on any atom is 0.210 e. The lowest BCUT2D eigenvalue weighted by atomic mass is 10.2. The first-order chi connectivity index (χ1) is 14.7. The Morgan fingerprint density at radius 2 is 1.48 bits per heavy atom. The van der Waals surface area contributed by atoms with Gasteiger partial charge in [0.1, 0.15) is 32.7 Å². The molecule has 4 rings (SSSR count). The van der Waals surface area contributed by atoms with Crippen LogP contribution in [0.3, 0.4) is 0 Å². The summed E-state index contributed by atoms with van der Waals surface area (Å²) in [4.78, 5) is 2.36. The van der Waals surface area contributed by atoms with Crippen LogP contribution in [0.1, 0.15) is 6.42 Å². The number of fused-ring (bicyclic) bond motifs is 2. The Morgan fingerprint density at radius 3 is 2.12 bits per heavy atom. The van der Waals surface area contributed by atoms with E-state index in [1.807, 2.05) is 4.90 Å². The smallest absolute Gasteiger partial charge is 0.210 e. The van der Waals surface area contributed by atoms with Gasteiger partial charge in [0.05, 0.1) is 34.3 Å². The largest absolute Gasteiger partial charge is 0.632 e. The highest BCUT2D eigenvalue weighted by molar-refractivity contribution is 7.92. The number of para-hydroxylation sites is 1. The first kappa shape index (κ1) is 28.1. The fourth-order valence-corrected chi connectivity index (χ4v) is 6.23. The summed E-state index contributed by atoms with van der Waals surface area (Å²) < 4.78 is 25.2. The van der Waals surface area contributed by atoms with Crippen LogP contribution in [0.25, 0.3) is 0 Å². The molecule has 2 aliphatic heterocycles. The summed E-state index contributed by atoms with van der Waals surface area (Å²) in [6.07, 6.45) is 0.530. The van der Waals surface area contributed by atoms with Gasteiger partial charge in [-0.1, -0.05) is 23.7 Å². The van der Waals surface area contributed by atoms with Crippen molar-refractivity contribution in [1.29, 1.82) is 0 Å². The van der Waals surface area contributed by atoms with E-state index < -0.39 is 19.1 Å². The Morgan fingerprint density at radius 1 is 0.909 bits per heavy atom. The van der Waals surface area contributed by atoms with Crippen molar-refractivity contribution in [3.8, 4) is 0 Å². The van der Waals surface area contributed by atoms with Crippen molar-refractivity contribution in [2.45, 2.75) is 16.2 Å². The number of rotatable bonds is 6. The fourth-order valence-electron chi connectivity index (χ4n) is 4.42. The molecule has 1 N–H and O–H groups in total. The molecule has 2 aliphatic rings. The number of halogens is 3. The summed E-state index contributed by atoms with van der Waals surface area (Å²) in [5.41, 5.74) is 1.09. The van der Waals surface area contributed by atoms with Gasteiger partial charge in [-0.15, -0.1) is 24.8 Å². The van der Waals surface area contributed by atoms with Crippen molar-refractivity contribution in [1.82, 2.24) is 0 Å². The molecule has 0 saturated carbocycles. The van der Waals surface area contributed by atoms with E-state index >= 15 is 0 Å². The van der Waals surface area contributed by atoms with Crippen LogP contribution in [-0.2, 0) is 9.84 Å². The van der Waals surface area contributed by atoms with Crippen LogP contribution in [0, 0.1) is 10.4 Å². The zero-order valence-electron chi connectivity index (χ0n) is 17.9. The third kappa shape index (κ3) is 5.58. The normalized spacial score (nSPS) is 25.3. The summed E-state index contributed by atoms with van der Waals surface area (Å²) in [5, 5.41) is 35.0. The zero-order valence-corrected chi connectivity index (χ0v) is 21.1. The molecule has 33 heavy (non-hydrogen) atoms. The molecule has 2 aromatic carbocycles. The van der Waals surface area contributed by atoms with E-state index in [0.29, 0.717) is 35.9 Å². The molecule has 0 bridgehead atoms. The van der Waals surface area contributed by atoms with Gasteiger partial charge in [0, 0.05) is 18.0 Å². The highest BCUT2D eigenvalue weighted by Gasteiger charge is 2.35. The van der Waals surface area contributed by atoms with Crippen LogP contribution in [0.15, 0.2) is 52.3 Å². The molecule has 1 fully saturated rings. The second kappa shape index (κ2) is 10.6. The molecular weight excluding hydrogens is 513 g/mol. The molecule has 0 aliphatic carbocycles. The molecule has 2 heterocycles. The van der Waals surface area contributed by atoms with Gasteiger partial charge in [-0.2, -0.15) is 0 Å². The molecule has 184 valence electrons. The van der Waals surface area contributed by atoms with E-state index in [-0.39, 0.29) is 73.9 Å². The van der Waals surface area contributed by atoms with E-state index in [4.69, 9.17) is 16.7 Å². The third-order valence-corrected chi connectivity index (χ3v) is 8.32. The standard InChI is InChI=1S/C21H26ClN3O5S.2ClH/c22-17-6-7-21-19(16-17)23(18-4-1-2-5-20(18)31(21,29)30)8-3-9-24(27)10-12-25(28,13-11-24)14-15-26;;/h1-2,4-7,16,26H,3,8-15H2;2*1H. The monoisotopic (exact) mass is 539 g/mol. The number of nitrogens with zero attached hydrogens (tertiary/aromatic N) is 3. The fraction of sp³-hybridized carbons (Fsp3) is 0.429. The number of quaternary nitrogens is 2. The maximum atomic E-state index is 13.1. The highest BCUT2D eigenvalue weighted by Crippen LogP contribution is 2.44. The summed E-state index contributed by atoms with van der Waals surface area (Å²) in [6, 6.07) is 11.6. The molecule has 1 saturated heterocycles. The van der Waals surface area contributed by atoms with Crippen molar-refractivity contribution < 1.29 is 22.8 Å². The van der Waals surface area contributed by atoms with Gasteiger partial charge in [0.2, 0.25) is 9.84 Å². The number of benzene rings is 2. The second-order valence-corrected chi connectivity index (χ2v) is 10.6. The van der Waals surface area contributed by atoms with Crippen LogP contribution in [0.4, 0.5) is 11.4 Å². The number of hydrogen-bond donors (Lipinski definition) is 1. The van der Waals surface area contributed by atoms with E-state index in [1.54, 1.807) is 36.4 Å². The molecule has 0 unspecified atom stereocenters. The average molecular weight is 541 g/mol. The minimum Gasteiger partial charge on any atom is -0.632 e. The Labute approximate surface area is 211 Å². The lowest BCUT2D eigenvalue weighted by Gasteiger charge is -2.54. The number of piperazine rings is 1. The second-order valence-electron chi connectivity index (χ2n) is 8.27. The molecule has 0 aromatic heterocycles. The highest BCUT2D eigenvalue weighted by atomic mass is 35.5. The van der Waals surface area contributed by atoms with Crippen LogP contribution >= 0.6 is 36.4 Å². The molecule has 0 amide bonds. The summed E-state index contributed by atoms with van der Waals surface area (Å²) in [7, 11) is -3.65. The SMILES string of the molecule is Cl.Cl.O=S1(=O)c2ccccc2N(CCC[N+]2([O-])CC[N+]([O-])(CCO)CC2)c2cc(Cl)ccc21. The molecule has 0 spiro atoms. The first-order valence-corrected chi connectivity index (χ1v) is 12.2. The Balaban J connectivity index is 0.00000193. The van der Waals surface area contributed by atoms with Gasteiger partial charge in [-0.25, -0.2) is 8.42 Å². The van der Waals surface area contributed by atoms with Gasteiger partial charge < -0.3 is 29.7 Å². The van der Waals surface area contributed by atoms with E-state index in [2.05, 4.69) is 0 Å². The zero-order chi connectivity index (χ0) is 22.3. The van der Waals surface area contributed by atoms with E-state index in [0.717, 1.165) is 0 Å². The third-order valence-electron chi connectivity index (χ3n) is 6.23. The van der Waals surface area contributed by atoms with Gasteiger partial charge >= 0.3 is 0 Å². The van der Waals surface area contributed by atoms with E-state index in [9.17, 15) is 18.8 Å². The average Bonchev–Trinajstić information content (AvgIpc) is 2.73. The molecule has 0 atom stereocenters. The van der Waals surface area contributed by atoms with Crippen molar-refractivity contribution in [3.05, 3.63) is 57.9 Å². The number of hydroxylamine groups is 6. The number of aliphatic hydroxyl groups excluding tert-OH is 1. The van der Waals surface area contributed by atoms with Crippen LogP contribution in [0.2, 0.25) is 5.02 Å². The van der Waals surface area contributed by atoms with Crippen molar-refractivity contribution >= 4 is 57.6 Å². The number of hydrogen-bond acceptors (Lipinski definition) is 6. The Bertz CT molecular complexity index is 1080. The summed E-state index contributed by atoms with van der Waals surface area (Å²) >= 11 is 6.17. The Hall–Kier alpha value is -1.14. The maximum absolute atomic E-state index is 13.1. The van der Waals surface area contributed by atoms with Gasteiger partial charge in [0.25, 0.3) is 0 Å². The van der Waals surface area contributed by atoms with Crippen LogP contribution in [-0.4, -0.2) is 75.2 Å². The van der Waals surface area contributed by atoms with Crippen molar-refractivity contribution in [2.75, 3.05) is 57.3 Å². The number of aliphatic hydroxyl groups is 1. The summed E-state index contributed by atoms with van der Waals surface area (Å²) in [5.74, 6) is 0. The topological polar surface area (TPSA) is 104 Å². The molecule has 8 nitrogen and oxygen atoms in total. The first-order valence-electron chi connectivity index (χ1n) is 10.3. The predicted octanol–water partition coefficient (Wildman–Crippen LogP) is 3.49. The quantitative estimate of drug-likeness (QED) is 0.444. The summed E-state index contributed by atoms with van der Waals surface area (Å²) in [6.45, 7) is 1.57.